The van der Waals surface area contributed by atoms with Gasteiger partial charge >= 0.3 is 11.7 Å². The number of rotatable bonds is 5. The van der Waals surface area contributed by atoms with Crippen LogP contribution in [-0.2, 0) is 13.5 Å². The molecule has 1 aromatic carbocycles. The van der Waals surface area contributed by atoms with Crippen LogP contribution in [0.2, 0.25) is 0 Å². The van der Waals surface area contributed by atoms with E-state index >= 15 is 0 Å². The van der Waals surface area contributed by atoms with E-state index in [0.29, 0.717) is 25.6 Å². The molecule has 0 radical (unpaired) electrons. The molecule has 9 nitrogen and oxygen atoms in total. The summed E-state index contributed by atoms with van der Waals surface area (Å²) in [5.74, 6) is -0.775. The molecule has 3 aromatic rings. The standard InChI is InChI=1S/C20H18F2N6O3/c1-26-7-6-23-18(26)8-12-10-27(11-12)20(29)25-19-17(28(30)31)5-4-16(24-19)14-3-2-13(21)9-15(14)22/h2-7,9,12H,8,10-11H2,1H3,(H,24,25,29). The first kappa shape index (κ1) is 20.4. The molecule has 0 aliphatic carbocycles. The number of pyridine rings is 1. The molecule has 0 bridgehead atoms. The number of nitrogens with one attached hydrogen (secondary N) is 1. The number of carbonyl (C=O) groups excluding carboxylic acids is 1. The predicted molar refractivity (Wildman–Crippen MR) is 107 cm³/mol. The Morgan fingerprint density at radius 2 is 2.06 bits per heavy atom. The summed E-state index contributed by atoms with van der Waals surface area (Å²) in [4.78, 5) is 33.0. The molecular formula is C20H18F2N6O3. The molecule has 0 unspecified atom stereocenters. The highest BCUT2D eigenvalue weighted by Gasteiger charge is 2.33. The molecule has 0 atom stereocenters. The van der Waals surface area contributed by atoms with Crippen molar-refractivity contribution in [3.05, 3.63) is 70.3 Å². The summed E-state index contributed by atoms with van der Waals surface area (Å²) in [5.41, 5.74) is -0.426. The number of nitro groups is 1. The number of urea groups is 1. The van der Waals surface area contributed by atoms with Gasteiger partial charge < -0.3 is 9.47 Å². The number of halogens is 2. The molecule has 1 N–H and O–H groups in total. The van der Waals surface area contributed by atoms with Crippen molar-refractivity contribution < 1.29 is 18.5 Å². The van der Waals surface area contributed by atoms with Crippen molar-refractivity contribution in [1.29, 1.82) is 0 Å². The molecule has 2 amide bonds. The fourth-order valence-corrected chi connectivity index (χ4v) is 3.43. The first-order chi connectivity index (χ1) is 14.8. The number of anilines is 1. The van der Waals surface area contributed by atoms with E-state index in [0.717, 1.165) is 18.0 Å². The molecule has 1 aliphatic rings. The molecular weight excluding hydrogens is 410 g/mol. The minimum absolute atomic E-state index is 0.0362. The quantitative estimate of drug-likeness (QED) is 0.495. The van der Waals surface area contributed by atoms with Crippen LogP contribution >= 0.6 is 0 Å². The number of nitrogens with zero attached hydrogens (tertiary/aromatic N) is 5. The van der Waals surface area contributed by atoms with Gasteiger partial charge in [-0.2, -0.15) is 0 Å². The molecule has 1 fully saturated rings. The number of likely N-dealkylation sites (tertiary alicyclic amines) is 1. The molecule has 0 saturated carbocycles. The van der Waals surface area contributed by atoms with Crippen molar-refractivity contribution >= 4 is 17.5 Å². The monoisotopic (exact) mass is 428 g/mol. The highest BCUT2D eigenvalue weighted by atomic mass is 19.1. The van der Waals surface area contributed by atoms with Crippen LogP contribution in [0.3, 0.4) is 0 Å². The van der Waals surface area contributed by atoms with Crippen LogP contribution in [0.25, 0.3) is 11.3 Å². The van der Waals surface area contributed by atoms with Gasteiger partial charge in [-0.25, -0.2) is 23.5 Å². The molecule has 1 aliphatic heterocycles. The minimum Gasteiger partial charge on any atom is -0.338 e. The zero-order valence-electron chi connectivity index (χ0n) is 16.5. The van der Waals surface area contributed by atoms with Crippen LogP contribution in [0.1, 0.15) is 5.82 Å². The summed E-state index contributed by atoms with van der Waals surface area (Å²) in [6.07, 6.45) is 4.27. The SMILES string of the molecule is Cn1ccnc1CC1CN(C(=O)Nc2nc(-c3ccc(F)cc3F)ccc2[N+](=O)[O-])C1. The molecule has 160 valence electrons. The largest absolute Gasteiger partial charge is 0.338 e. The first-order valence-electron chi connectivity index (χ1n) is 9.45. The van der Waals surface area contributed by atoms with E-state index in [1.807, 2.05) is 17.8 Å². The van der Waals surface area contributed by atoms with Crippen LogP contribution < -0.4 is 5.32 Å². The van der Waals surface area contributed by atoms with Crippen LogP contribution in [0.15, 0.2) is 42.7 Å². The third-order valence-corrected chi connectivity index (χ3v) is 5.14. The summed E-state index contributed by atoms with van der Waals surface area (Å²) in [6, 6.07) is 4.77. The normalized spacial score (nSPS) is 13.7. The highest BCUT2D eigenvalue weighted by Crippen LogP contribution is 2.29. The van der Waals surface area contributed by atoms with Gasteiger partial charge in [0.2, 0.25) is 5.82 Å². The third kappa shape index (κ3) is 4.20. The van der Waals surface area contributed by atoms with Gasteiger partial charge in [-0.3, -0.25) is 15.4 Å². The number of benzene rings is 1. The Morgan fingerprint density at radius 1 is 1.29 bits per heavy atom. The van der Waals surface area contributed by atoms with Gasteiger partial charge in [-0.15, -0.1) is 0 Å². The summed E-state index contributed by atoms with van der Waals surface area (Å²) in [7, 11) is 1.90. The summed E-state index contributed by atoms with van der Waals surface area (Å²) in [5, 5.41) is 13.8. The van der Waals surface area contributed by atoms with E-state index in [9.17, 15) is 23.7 Å². The van der Waals surface area contributed by atoms with Crippen LogP contribution in [0.4, 0.5) is 25.1 Å². The zero-order chi connectivity index (χ0) is 22.1. The fraction of sp³-hybridized carbons (Fsp3) is 0.250. The van der Waals surface area contributed by atoms with Gasteiger partial charge in [0.1, 0.15) is 17.5 Å². The number of aromatic nitrogens is 3. The topological polar surface area (TPSA) is 106 Å². The molecule has 31 heavy (non-hydrogen) atoms. The van der Waals surface area contributed by atoms with E-state index in [-0.39, 0.29) is 23.0 Å². The van der Waals surface area contributed by atoms with Gasteiger partial charge in [0.25, 0.3) is 0 Å². The van der Waals surface area contributed by atoms with E-state index in [1.54, 1.807) is 6.20 Å². The van der Waals surface area contributed by atoms with E-state index in [4.69, 9.17) is 0 Å². The minimum atomic E-state index is -0.863. The second kappa shape index (κ2) is 8.09. The van der Waals surface area contributed by atoms with Crippen LogP contribution in [0, 0.1) is 27.7 Å². The summed E-state index contributed by atoms with van der Waals surface area (Å²) in [6.45, 7) is 0.942. The number of imidazole rings is 1. The maximum Gasteiger partial charge on any atom is 0.323 e. The molecule has 4 rings (SSSR count). The second-order valence-corrected chi connectivity index (χ2v) is 7.31. The van der Waals surface area contributed by atoms with Crippen LogP contribution in [-0.4, -0.2) is 43.5 Å². The van der Waals surface area contributed by atoms with Gasteiger partial charge in [-0.05, 0) is 18.2 Å². The summed E-state index contributed by atoms with van der Waals surface area (Å²) < 4.78 is 29.2. The predicted octanol–water partition coefficient (Wildman–Crippen LogP) is 3.37. The Balaban J connectivity index is 1.48. The highest BCUT2D eigenvalue weighted by molar-refractivity contribution is 5.91. The van der Waals surface area contributed by atoms with E-state index in [1.165, 1.54) is 17.0 Å². The third-order valence-electron chi connectivity index (χ3n) is 5.14. The van der Waals surface area contributed by atoms with Gasteiger partial charge in [0.05, 0.1) is 10.6 Å². The Hall–Kier alpha value is -3.89. The van der Waals surface area contributed by atoms with Crippen molar-refractivity contribution in [2.45, 2.75) is 6.42 Å². The fourth-order valence-electron chi connectivity index (χ4n) is 3.43. The van der Waals surface area contributed by atoms with Gasteiger partial charge in [0, 0.05) is 62.6 Å². The number of hydrogen-bond donors (Lipinski definition) is 1. The number of amides is 2. The first-order valence-corrected chi connectivity index (χ1v) is 9.45. The Kier molecular flexibility index (Phi) is 5.32. The van der Waals surface area contributed by atoms with Crippen molar-refractivity contribution in [1.82, 2.24) is 19.4 Å². The van der Waals surface area contributed by atoms with E-state index in [2.05, 4.69) is 15.3 Å². The van der Waals surface area contributed by atoms with Crippen molar-refractivity contribution in [3.8, 4) is 11.3 Å². The van der Waals surface area contributed by atoms with Gasteiger partial charge in [-0.1, -0.05) is 0 Å². The maximum atomic E-state index is 14.1. The lowest BCUT2D eigenvalue weighted by atomic mass is 9.96. The van der Waals surface area contributed by atoms with Crippen molar-refractivity contribution in [3.63, 3.8) is 0 Å². The average molecular weight is 428 g/mol. The lowest BCUT2D eigenvalue weighted by Gasteiger charge is -2.38. The maximum absolute atomic E-state index is 14.1. The Bertz CT molecular complexity index is 1160. The molecule has 3 heterocycles. The second-order valence-electron chi connectivity index (χ2n) is 7.31. The Morgan fingerprint density at radius 3 is 2.71 bits per heavy atom. The number of aryl methyl sites for hydroxylation is 1. The zero-order valence-corrected chi connectivity index (χ0v) is 16.5. The smallest absolute Gasteiger partial charge is 0.323 e. The molecule has 1 saturated heterocycles. The molecule has 0 spiro atoms. The van der Waals surface area contributed by atoms with Gasteiger partial charge in [0.15, 0.2) is 0 Å². The van der Waals surface area contributed by atoms with E-state index < -0.39 is 28.3 Å². The lowest BCUT2D eigenvalue weighted by molar-refractivity contribution is -0.384. The lowest BCUT2D eigenvalue weighted by Crippen LogP contribution is -2.52. The average Bonchev–Trinajstić information content (AvgIpc) is 3.08. The number of carbonyl (C=O) groups is 1. The van der Waals surface area contributed by atoms with Crippen molar-refractivity contribution in [2.75, 3.05) is 18.4 Å². The summed E-state index contributed by atoms with van der Waals surface area (Å²) >= 11 is 0. The Labute approximate surface area is 175 Å². The molecule has 11 heteroatoms. The van der Waals surface area contributed by atoms with Crippen LogP contribution in [0.5, 0.6) is 0 Å². The number of hydrogen-bond acceptors (Lipinski definition) is 5. The van der Waals surface area contributed by atoms with Crippen molar-refractivity contribution in [2.24, 2.45) is 13.0 Å². The molecule has 2 aromatic heterocycles.